The fourth-order valence-corrected chi connectivity index (χ4v) is 0.902. The molecule has 0 aliphatic heterocycles. The van der Waals surface area contributed by atoms with Crippen LogP contribution >= 0.6 is 23.2 Å². The Labute approximate surface area is 102 Å². The van der Waals surface area contributed by atoms with Crippen molar-refractivity contribution in [1.82, 2.24) is 4.98 Å². The smallest absolute Gasteiger partial charge is 1.00 e. The maximum absolute atomic E-state index is 10.4. The van der Waals surface area contributed by atoms with Gasteiger partial charge in [-0.1, -0.05) is 23.2 Å². The predicted molar refractivity (Wildman–Crippen MR) is 42.3 cm³/mol. The van der Waals surface area contributed by atoms with E-state index in [2.05, 4.69) is 4.98 Å². The van der Waals surface area contributed by atoms with Gasteiger partial charge in [0.1, 0.15) is 5.15 Å². The van der Waals surface area contributed by atoms with Crippen LogP contribution in [0.5, 0.6) is 0 Å². The summed E-state index contributed by atoms with van der Waals surface area (Å²) in [5, 5.41) is 8.69. The maximum atomic E-state index is 10.4. The Hall–Kier alpha value is 0.200. The first kappa shape index (κ1) is 12.2. The molecule has 0 aliphatic rings. The van der Waals surface area contributed by atoms with Crippen molar-refractivity contribution in [2.24, 2.45) is 0 Å². The zero-order valence-electron chi connectivity index (χ0n) is 7.21. The molecule has 0 radical (unpaired) electrons. The largest absolute Gasteiger partial charge is 1.00 e. The van der Waals surface area contributed by atoms with Gasteiger partial charge >= 0.3 is 35.5 Å². The van der Waals surface area contributed by atoms with Crippen LogP contribution in [-0.4, -0.2) is 16.1 Å². The molecule has 0 aromatic carbocycles. The van der Waals surface area contributed by atoms with Gasteiger partial charge < -0.3 is 6.53 Å². The first-order valence-electron chi connectivity index (χ1n) is 2.66. The summed E-state index contributed by atoms with van der Waals surface area (Å²) >= 11 is 10.9. The number of hydrogen-bond donors (Lipinski definition) is 1. The van der Waals surface area contributed by atoms with E-state index in [1.54, 1.807) is 0 Å². The molecule has 0 spiro atoms. The third kappa shape index (κ3) is 2.92. The number of rotatable bonds is 1. The molecule has 1 aromatic rings. The molecule has 1 rings (SSSR count). The second-order valence-corrected chi connectivity index (χ2v) is 2.56. The third-order valence-electron chi connectivity index (χ3n) is 1.01. The van der Waals surface area contributed by atoms with Gasteiger partial charge in [0.15, 0.2) is 5.69 Å². The SMILES string of the molecule is O=C(O)c1nc(Cl)ccc1Cl.[H-].[Na+]. The molecule has 0 saturated heterocycles. The minimum absolute atomic E-state index is 0. The van der Waals surface area contributed by atoms with E-state index in [4.69, 9.17) is 28.3 Å². The van der Waals surface area contributed by atoms with Gasteiger partial charge in [0.2, 0.25) is 0 Å². The second-order valence-electron chi connectivity index (χ2n) is 1.77. The summed E-state index contributed by atoms with van der Waals surface area (Å²) in [4.78, 5) is 13.9. The van der Waals surface area contributed by atoms with Crippen LogP contribution < -0.4 is 29.6 Å². The van der Waals surface area contributed by atoms with Crippen LogP contribution in [0.3, 0.4) is 0 Å². The monoisotopic (exact) mass is 215 g/mol. The van der Waals surface area contributed by atoms with Crippen LogP contribution in [-0.2, 0) is 0 Å². The molecule has 0 fully saturated rings. The Morgan fingerprint density at radius 2 is 2.08 bits per heavy atom. The standard InChI is InChI=1S/C6H3Cl2NO2.Na.H/c7-3-1-2-4(8)9-5(3)6(10)11;;/h1-2H,(H,10,11);;/q;+1;-1. The van der Waals surface area contributed by atoms with Crippen LogP contribution in [0.2, 0.25) is 10.2 Å². The van der Waals surface area contributed by atoms with Crippen LogP contribution in [0.15, 0.2) is 12.1 Å². The van der Waals surface area contributed by atoms with E-state index in [0.29, 0.717) is 0 Å². The molecule has 60 valence electrons. The first-order valence-corrected chi connectivity index (χ1v) is 3.42. The Morgan fingerprint density at radius 3 is 2.50 bits per heavy atom. The molecule has 1 aromatic heterocycles. The molecule has 0 unspecified atom stereocenters. The number of nitrogens with zero attached hydrogens (tertiary/aromatic N) is 1. The van der Waals surface area contributed by atoms with E-state index in [0.717, 1.165) is 0 Å². The van der Waals surface area contributed by atoms with E-state index in [1.807, 2.05) is 0 Å². The number of carboxylic acid groups (broad SMARTS) is 1. The molecule has 3 nitrogen and oxygen atoms in total. The number of hydrogen-bond acceptors (Lipinski definition) is 2. The fourth-order valence-electron chi connectivity index (χ4n) is 0.568. The summed E-state index contributed by atoms with van der Waals surface area (Å²) in [6.45, 7) is 0. The van der Waals surface area contributed by atoms with Crippen molar-refractivity contribution in [3.8, 4) is 0 Å². The van der Waals surface area contributed by atoms with Crippen molar-refractivity contribution in [2.75, 3.05) is 0 Å². The molecular weight excluding hydrogens is 212 g/mol. The van der Waals surface area contributed by atoms with E-state index in [1.165, 1.54) is 12.1 Å². The average Bonchev–Trinajstić information content (AvgIpc) is 1.94. The van der Waals surface area contributed by atoms with E-state index < -0.39 is 5.97 Å². The number of aromatic nitrogens is 1. The van der Waals surface area contributed by atoms with Crippen molar-refractivity contribution in [1.29, 1.82) is 0 Å². The van der Waals surface area contributed by atoms with Gasteiger partial charge in [-0.3, -0.25) is 0 Å². The summed E-state index contributed by atoms with van der Waals surface area (Å²) in [6, 6.07) is 2.82. The summed E-state index contributed by atoms with van der Waals surface area (Å²) in [5.74, 6) is -1.18. The normalized spacial score (nSPS) is 8.83. The quantitative estimate of drug-likeness (QED) is 0.494. The molecule has 0 saturated carbocycles. The third-order valence-corrected chi connectivity index (χ3v) is 1.53. The van der Waals surface area contributed by atoms with Gasteiger partial charge in [-0.15, -0.1) is 0 Å². The zero-order valence-corrected chi connectivity index (χ0v) is 9.73. The molecule has 1 N–H and O–H groups in total. The van der Waals surface area contributed by atoms with Crippen molar-refractivity contribution in [3.05, 3.63) is 28.0 Å². The van der Waals surface area contributed by atoms with Crippen molar-refractivity contribution >= 4 is 29.2 Å². The molecule has 6 heteroatoms. The number of halogens is 2. The second kappa shape index (κ2) is 5.04. The Morgan fingerprint density at radius 1 is 1.50 bits per heavy atom. The Kier molecular flexibility index (Phi) is 5.13. The van der Waals surface area contributed by atoms with E-state index in [-0.39, 0.29) is 46.9 Å². The maximum Gasteiger partial charge on any atom is 1.00 e. The Balaban J connectivity index is 0. The first-order chi connectivity index (χ1) is 5.11. The summed E-state index contributed by atoms with van der Waals surface area (Å²) in [5.41, 5.74) is -0.223. The van der Waals surface area contributed by atoms with Crippen LogP contribution in [0.25, 0.3) is 0 Å². The summed E-state index contributed by atoms with van der Waals surface area (Å²) < 4.78 is 0. The molecular formula is C6H4Cl2NNaO2. The topological polar surface area (TPSA) is 50.2 Å². The Bertz CT molecular complexity index is 311. The van der Waals surface area contributed by atoms with Crippen LogP contribution in [0, 0.1) is 0 Å². The number of pyridine rings is 1. The van der Waals surface area contributed by atoms with Crippen molar-refractivity contribution in [2.45, 2.75) is 0 Å². The fraction of sp³-hybridized carbons (Fsp3) is 0. The number of aromatic carboxylic acids is 1. The molecule has 0 bridgehead atoms. The molecule has 0 atom stereocenters. The molecule has 0 amide bonds. The number of carboxylic acids is 1. The van der Waals surface area contributed by atoms with Gasteiger partial charge in [-0.05, 0) is 12.1 Å². The van der Waals surface area contributed by atoms with Gasteiger partial charge in [0, 0.05) is 0 Å². The summed E-state index contributed by atoms with van der Waals surface area (Å²) in [7, 11) is 0. The van der Waals surface area contributed by atoms with Gasteiger partial charge in [-0.25, -0.2) is 9.78 Å². The zero-order chi connectivity index (χ0) is 8.43. The number of carbonyl (C=O) groups is 1. The molecule has 1 heterocycles. The van der Waals surface area contributed by atoms with Crippen molar-refractivity contribution in [3.63, 3.8) is 0 Å². The van der Waals surface area contributed by atoms with Gasteiger partial charge in [0.25, 0.3) is 0 Å². The van der Waals surface area contributed by atoms with Crippen LogP contribution in [0.1, 0.15) is 11.9 Å². The van der Waals surface area contributed by atoms with Crippen LogP contribution in [0.4, 0.5) is 0 Å². The minimum atomic E-state index is -1.18. The molecule has 12 heavy (non-hydrogen) atoms. The van der Waals surface area contributed by atoms with Gasteiger partial charge in [-0.2, -0.15) is 0 Å². The van der Waals surface area contributed by atoms with Crippen molar-refractivity contribution < 1.29 is 40.9 Å². The average molecular weight is 216 g/mol. The predicted octanol–water partition coefficient (Wildman–Crippen LogP) is -0.797. The van der Waals surface area contributed by atoms with Gasteiger partial charge in [0.05, 0.1) is 5.02 Å². The molecule has 0 aliphatic carbocycles. The minimum Gasteiger partial charge on any atom is -1.00 e. The summed E-state index contributed by atoms with van der Waals surface area (Å²) in [6.07, 6.45) is 0. The van der Waals surface area contributed by atoms with E-state index >= 15 is 0 Å². The van der Waals surface area contributed by atoms with E-state index in [9.17, 15) is 4.79 Å².